The van der Waals surface area contributed by atoms with Gasteiger partial charge in [0.05, 0.1) is 13.2 Å². The average molecular weight is 277 g/mol. The summed E-state index contributed by atoms with van der Waals surface area (Å²) in [5.74, 6) is 1.51. The number of nitrogens with two attached hydrogens (primary N) is 1. The standard InChI is InChI=1S/C16H23NO3/c1-10-4-6-13(8-11(10)2)20-15-9-12(17)5-7-14(15)16(18)19-3/h5,7,9-11,13H,4,6,8,17H2,1-3H3. The number of esters is 1. The highest BCUT2D eigenvalue weighted by Crippen LogP contribution is 2.33. The third kappa shape index (κ3) is 3.24. The lowest BCUT2D eigenvalue weighted by molar-refractivity contribution is 0.0583. The normalized spacial score (nSPS) is 26.1. The molecule has 0 heterocycles. The number of hydrogen-bond acceptors (Lipinski definition) is 4. The molecule has 0 saturated heterocycles. The number of benzene rings is 1. The van der Waals surface area contributed by atoms with Crippen molar-refractivity contribution in [2.24, 2.45) is 11.8 Å². The third-order valence-electron chi connectivity index (χ3n) is 4.25. The Hall–Kier alpha value is -1.71. The number of hydrogen-bond donors (Lipinski definition) is 1. The van der Waals surface area contributed by atoms with Gasteiger partial charge in [-0.25, -0.2) is 4.79 Å². The maximum Gasteiger partial charge on any atom is 0.341 e. The van der Waals surface area contributed by atoms with Crippen molar-refractivity contribution in [1.82, 2.24) is 0 Å². The first-order valence-corrected chi connectivity index (χ1v) is 7.15. The smallest absolute Gasteiger partial charge is 0.341 e. The van der Waals surface area contributed by atoms with Crippen LogP contribution < -0.4 is 10.5 Å². The molecule has 0 bridgehead atoms. The minimum atomic E-state index is -0.391. The van der Waals surface area contributed by atoms with Gasteiger partial charge in [-0.05, 0) is 43.2 Å². The van der Waals surface area contributed by atoms with Crippen molar-refractivity contribution in [3.8, 4) is 5.75 Å². The van der Waals surface area contributed by atoms with E-state index >= 15 is 0 Å². The summed E-state index contributed by atoms with van der Waals surface area (Å²) in [6.45, 7) is 4.53. The lowest BCUT2D eigenvalue weighted by atomic mass is 9.80. The zero-order valence-corrected chi connectivity index (χ0v) is 12.4. The van der Waals surface area contributed by atoms with E-state index in [0.29, 0.717) is 22.9 Å². The van der Waals surface area contributed by atoms with Crippen molar-refractivity contribution in [2.45, 2.75) is 39.2 Å². The first kappa shape index (κ1) is 14.7. The summed E-state index contributed by atoms with van der Waals surface area (Å²) < 4.78 is 10.8. The SMILES string of the molecule is COC(=O)c1ccc(N)cc1OC1CCC(C)C(C)C1. The summed E-state index contributed by atoms with van der Waals surface area (Å²) in [6, 6.07) is 5.05. The van der Waals surface area contributed by atoms with E-state index in [-0.39, 0.29) is 6.10 Å². The van der Waals surface area contributed by atoms with Gasteiger partial charge in [-0.15, -0.1) is 0 Å². The highest BCUT2D eigenvalue weighted by molar-refractivity contribution is 5.93. The largest absolute Gasteiger partial charge is 0.489 e. The summed E-state index contributed by atoms with van der Waals surface area (Å²) >= 11 is 0. The van der Waals surface area contributed by atoms with Gasteiger partial charge in [0.1, 0.15) is 11.3 Å². The highest BCUT2D eigenvalue weighted by Gasteiger charge is 2.27. The summed E-state index contributed by atoms with van der Waals surface area (Å²) in [5.41, 5.74) is 6.82. The van der Waals surface area contributed by atoms with E-state index in [1.54, 1.807) is 18.2 Å². The Labute approximate surface area is 120 Å². The molecular weight excluding hydrogens is 254 g/mol. The second kappa shape index (κ2) is 6.16. The third-order valence-corrected chi connectivity index (χ3v) is 4.25. The Morgan fingerprint density at radius 2 is 2.00 bits per heavy atom. The highest BCUT2D eigenvalue weighted by atomic mass is 16.5. The molecule has 0 aliphatic heterocycles. The van der Waals surface area contributed by atoms with Crippen molar-refractivity contribution in [1.29, 1.82) is 0 Å². The van der Waals surface area contributed by atoms with Crippen LogP contribution in [-0.4, -0.2) is 19.2 Å². The molecule has 4 heteroatoms. The molecule has 1 saturated carbocycles. The maximum atomic E-state index is 11.8. The molecule has 3 atom stereocenters. The molecule has 2 N–H and O–H groups in total. The van der Waals surface area contributed by atoms with Crippen LogP contribution in [0.25, 0.3) is 0 Å². The monoisotopic (exact) mass is 277 g/mol. The molecule has 2 rings (SSSR count). The van der Waals surface area contributed by atoms with E-state index in [1.807, 2.05) is 0 Å². The van der Waals surface area contributed by atoms with E-state index < -0.39 is 5.97 Å². The molecule has 1 aromatic rings. The van der Waals surface area contributed by atoms with Gasteiger partial charge in [0.15, 0.2) is 0 Å². The number of methoxy groups -OCH3 is 1. The molecule has 0 spiro atoms. The van der Waals surface area contributed by atoms with Crippen molar-refractivity contribution in [3.63, 3.8) is 0 Å². The topological polar surface area (TPSA) is 61.5 Å². The predicted octanol–water partition coefficient (Wildman–Crippen LogP) is 3.26. The van der Waals surface area contributed by atoms with Gasteiger partial charge < -0.3 is 15.2 Å². The molecule has 1 aliphatic rings. The molecular formula is C16H23NO3. The van der Waals surface area contributed by atoms with Crippen LogP contribution >= 0.6 is 0 Å². The molecule has 1 aliphatic carbocycles. The van der Waals surface area contributed by atoms with Gasteiger partial charge >= 0.3 is 5.97 Å². The van der Waals surface area contributed by atoms with E-state index in [2.05, 4.69) is 13.8 Å². The van der Waals surface area contributed by atoms with E-state index in [0.717, 1.165) is 25.2 Å². The van der Waals surface area contributed by atoms with E-state index in [4.69, 9.17) is 15.2 Å². The van der Waals surface area contributed by atoms with Crippen molar-refractivity contribution in [2.75, 3.05) is 12.8 Å². The number of rotatable bonds is 3. The average Bonchev–Trinajstić information content (AvgIpc) is 2.42. The molecule has 0 amide bonds. The zero-order valence-electron chi connectivity index (χ0n) is 12.4. The first-order valence-electron chi connectivity index (χ1n) is 7.15. The Morgan fingerprint density at radius 3 is 2.65 bits per heavy atom. The quantitative estimate of drug-likeness (QED) is 0.680. The van der Waals surface area contributed by atoms with Crippen LogP contribution in [0.2, 0.25) is 0 Å². The Bertz CT molecular complexity index is 487. The number of ether oxygens (including phenoxy) is 2. The van der Waals surface area contributed by atoms with Gasteiger partial charge in [0.2, 0.25) is 0 Å². The Balaban J connectivity index is 2.16. The van der Waals surface area contributed by atoms with Crippen LogP contribution in [0, 0.1) is 11.8 Å². The van der Waals surface area contributed by atoms with Gasteiger partial charge in [-0.1, -0.05) is 13.8 Å². The molecule has 1 fully saturated rings. The van der Waals surface area contributed by atoms with E-state index in [9.17, 15) is 4.79 Å². The van der Waals surface area contributed by atoms with Crippen LogP contribution in [-0.2, 0) is 4.74 Å². The Kier molecular flexibility index (Phi) is 4.53. The second-order valence-corrected chi connectivity index (χ2v) is 5.75. The number of anilines is 1. The minimum Gasteiger partial charge on any atom is -0.489 e. The van der Waals surface area contributed by atoms with E-state index in [1.165, 1.54) is 7.11 Å². The van der Waals surface area contributed by atoms with Crippen LogP contribution in [0.4, 0.5) is 5.69 Å². The fourth-order valence-electron chi connectivity index (χ4n) is 2.70. The predicted molar refractivity (Wildman–Crippen MR) is 78.8 cm³/mol. The molecule has 3 unspecified atom stereocenters. The number of carbonyl (C=O) groups excluding carboxylic acids is 1. The van der Waals surface area contributed by atoms with Crippen molar-refractivity contribution >= 4 is 11.7 Å². The molecule has 1 aromatic carbocycles. The summed E-state index contributed by atoms with van der Waals surface area (Å²) in [7, 11) is 1.37. The van der Waals surface area contributed by atoms with Crippen LogP contribution in [0.1, 0.15) is 43.5 Å². The number of nitrogen functional groups attached to an aromatic ring is 1. The fraction of sp³-hybridized carbons (Fsp3) is 0.562. The number of carbonyl (C=O) groups is 1. The Morgan fingerprint density at radius 1 is 1.25 bits per heavy atom. The maximum absolute atomic E-state index is 11.8. The van der Waals surface area contributed by atoms with Crippen LogP contribution in [0.15, 0.2) is 18.2 Å². The lowest BCUT2D eigenvalue weighted by Crippen LogP contribution is -2.29. The lowest BCUT2D eigenvalue weighted by Gasteiger charge is -2.32. The summed E-state index contributed by atoms with van der Waals surface area (Å²) in [4.78, 5) is 11.8. The van der Waals surface area contributed by atoms with Gasteiger partial charge in [-0.3, -0.25) is 0 Å². The minimum absolute atomic E-state index is 0.145. The molecule has 0 aromatic heterocycles. The fourth-order valence-corrected chi connectivity index (χ4v) is 2.70. The van der Waals surface area contributed by atoms with Crippen LogP contribution in [0.5, 0.6) is 5.75 Å². The molecule has 20 heavy (non-hydrogen) atoms. The summed E-state index contributed by atoms with van der Waals surface area (Å²) in [5, 5.41) is 0. The van der Waals surface area contributed by atoms with Crippen molar-refractivity contribution < 1.29 is 14.3 Å². The molecule has 0 radical (unpaired) electrons. The summed E-state index contributed by atoms with van der Waals surface area (Å²) in [6.07, 6.45) is 3.32. The van der Waals surface area contributed by atoms with Crippen molar-refractivity contribution in [3.05, 3.63) is 23.8 Å². The molecule has 4 nitrogen and oxygen atoms in total. The second-order valence-electron chi connectivity index (χ2n) is 5.75. The van der Waals surface area contributed by atoms with Gasteiger partial charge in [0.25, 0.3) is 0 Å². The molecule has 110 valence electrons. The van der Waals surface area contributed by atoms with Gasteiger partial charge in [-0.2, -0.15) is 0 Å². The van der Waals surface area contributed by atoms with Gasteiger partial charge in [0, 0.05) is 11.8 Å². The first-order chi connectivity index (χ1) is 9.51. The zero-order chi connectivity index (χ0) is 14.7. The van der Waals surface area contributed by atoms with Crippen LogP contribution in [0.3, 0.4) is 0 Å².